The Morgan fingerprint density at radius 3 is 2.76 bits per heavy atom. The Labute approximate surface area is 98.8 Å². The van der Waals surface area contributed by atoms with E-state index in [1.165, 1.54) is 6.20 Å². The Morgan fingerprint density at radius 1 is 1.47 bits per heavy atom. The van der Waals surface area contributed by atoms with Crippen molar-refractivity contribution in [2.24, 2.45) is 5.92 Å². The van der Waals surface area contributed by atoms with Gasteiger partial charge in [-0.3, -0.25) is 14.9 Å². The third-order valence-electron chi connectivity index (χ3n) is 2.76. The first-order chi connectivity index (χ1) is 8.16. The van der Waals surface area contributed by atoms with E-state index in [2.05, 4.69) is 15.6 Å². The number of oxazole rings is 1. The zero-order valence-electron chi connectivity index (χ0n) is 9.66. The maximum absolute atomic E-state index is 11.8. The maximum atomic E-state index is 11.8. The summed E-state index contributed by atoms with van der Waals surface area (Å²) in [6, 6.07) is 0. The molecule has 0 unspecified atom stereocenters. The van der Waals surface area contributed by atoms with Gasteiger partial charge in [0, 0.05) is 5.92 Å². The fraction of sp³-hybridized carbons (Fsp3) is 0.545. The number of nitrogens with zero attached hydrogens (tertiary/aromatic N) is 1. The molecule has 92 valence electrons. The number of piperidine rings is 1. The zero-order valence-corrected chi connectivity index (χ0v) is 9.66. The minimum Gasteiger partial charge on any atom is -0.438 e. The molecule has 0 saturated carbocycles. The molecule has 1 aromatic rings. The number of hydrogen-bond acceptors (Lipinski definition) is 5. The van der Waals surface area contributed by atoms with E-state index < -0.39 is 5.91 Å². The van der Waals surface area contributed by atoms with Crippen molar-refractivity contribution in [2.45, 2.75) is 19.8 Å². The highest BCUT2D eigenvalue weighted by atomic mass is 16.4. The molecule has 1 aliphatic heterocycles. The van der Waals surface area contributed by atoms with Crippen molar-refractivity contribution in [3.8, 4) is 0 Å². The van der Waals surface area contributed by atoms with E-state index in [4.69, 9.17) is 4.42 Å². The van der Waals surface area contributed by atoms with E-state index in [1.807, 2.05) is 0 Å². The normalized spacial score (nSPS) is 16.8. The van der Waals surface area contributed by atoms with Crippen molar-refractivity contribution in [3.63, 3.8) is 0 Å². The first-order valence-electron chi connectivity index (χ1n) is 5.65. The summed E-state index contributed by atoms with van der Waals surface area (Å²) in [5, 5.41) is 5.48. The topological polar surface area (TPSA) is 84.2 Å². The van der Waals surface area contributed by atoms with Crippen LogP contribution in [0, 0.1) is 12.8 Å². The van der Waals surface area contributed by atoms with Gasteiger partial charge >= 0.3 is 5.91 Å². The van der Waals surface area contributed by atoms with Crippen LogP contribution in [0.4, 0.5) is 0 Å². The van der Waals surface area contributed by atoms with Crippen LogP contribution < -0.4 is 10.6 Å². The van der Waals surface area contributed by atoms with Crippen molar-refractivity contribution < 1.29 is 14.0 Å². The minimum absolute atomic E-state index is 0.0650. The first-order valence-corrected chi connectivity index (χ1v) is 5.65. The molecule has 2 rings (SSSR count). The van der Waals surface area contributed by atoms with Gasteiger partial charge in [0.25, 0.3) is 5.89 Å². The van der Waals surface area contributed by atoms with E-state index in [0.717, 1.165) is 25.9 Å². The van der Waals surface area contributed by atoms with Crippen molar-refractivity contribution >= 4 is 11.8 Å². The van der Waals surface area contributed by atoms with Crippen LogP contribution >= 0.6 is 0 Å². The quantitative estimate of drug-likeness (QED) is 0.720. The summed E-state index contributed by atoms with van der Waals surface area (Å²) in [5.41, 5.74) is 0. The molecule has 0 atom stereocenters. The Kier molecular flexibility index (Phi) is 3.53. The molecule has 1 saturated heterocycles. The number of imide groups is 1. The minimum atomic E-state index is -0.568. The second-order valence-electron chi connectivity index (χ2n) is 4.12. The van der Waals surface area contributed by atoms with Crippen LogP contribution in [0.1, 0.15) is 29.3 Å². The predicted molar refractivity (Wildman–Crippen MR) is 59.3 cm³/mol. The predicted octanol–water partition coefficient (Wildman–Crippen LogP) is 0.239. The lowest BCUT2D eigenvalue weighted by Gasteiger charge is -2.20. The highest BCUT2D eigenvalue weighted by Gasteiger charge is 2.24. The van der Waals surface area contributed by atoms with Gasteiger partial charge in [0.15, 0.2) is 0 Å². The molecule has 6 nitrogen and oxygen atoms in total. The number of carbonyl (C=O) groups excluding carboxylic acids is 2. The number of nitrogens with one attached hydrogen (secondary N) is 2. The summed E-state index contributed by atoms with van der Waals surface area (Å²) >= 11 is 0. The zero-order chi connectivity index (χ0) is 12.3. The van der Waals surface area contributed by atoms with Gasteiger partial charge in [-0.05, 0) is 32.9 Å². The molecule has 0 radical (unpaired) electrons. The van der Waals surface area contributed by atoms with Crippen LogP contribution in [0.3, 0.4) is 0 Å². The molecule has 1 fully saturated rings. The molecule has 0 spiro atoms. The van der Waals surface area contributed by atoms with E-state index >= 15 is 0 Å². The molecule has 17 heavy (non-hydrogen) atoms. The fourth-order valence-corrected chi connectivity index (χ4v) is 1.81. The van der Waals surface area contributed by atoms with Crippen LogP contribution in [0.5, 0.6) is 0 Å². The SMILES string of the molecule is Cc1cnc(C(=O)NC(=O)C2CCNCC2)o1. The third kappa shape index (κ3) is 2.91. The van der Waals surface area contributed by atoms with Gasteiger partial charge < -0.3 is 9.73 Å². The Hall–Kier alpha value is -1.69. The molecule has 1 aliphatic rings. The van der Waals surface area contributed by atoms with E-state index in [-0.39, 0.29) is 17.7 Å². The summed E-state index contributed by atoms with van der Waals surface area (Å²) in [4.78, 5) is 27.1. The average Bonchev–Trinajstić information content (AvgIpc) is 2.77. The van der Waals surface area contributed by atoms with E-state index in [1.54, 1.807) is 6.92 Å². The molecule has 0 aliphatic carbocycles. The molecule has 2 heterocycles. The van der Waals surface area contributed by atoms with Gasteiger partial charge in [0.1, 0.15) is 5.76 Å². The van der Waals surface area contributed by atoms with E-state index in [0.29, 0.717) is 5.76 Å². The lowest BCUT2D eigenvalue weighted by molar-refractivity contribution is -0.124. The number of aromatic nitrogens is 1. The smallest absolute Gasteiger partial charge is 0.313 e. The molecule has 2 amide bonds. The monoisotopic (exact) mass is 237 g/mol. The Morgan fingerprint density at radius 2 is 2.18 bits per heavy atom. The largest absolute Gasteiger partial charge is 0.438 e. The summed E-state index contributed by atoms with van der Waals surface area (Å²) in [7, 11) is 0. The number of carbonyl (C=O) groups is 2. The summed E-state index contributed by atoms with van der Waals surface area (Å²) in [6.07, 6.45) is 2.96. The second-order valence-corrected chi connectivity index (χ2v) is 4.12. The van der Waals surface area contributed by atoms with Crippen molar-refractivity contribution in [1.29, 1.82) is 0 Å². The van der Waals surface area contributed by atoms with Crippen LogP contribution in [-0.2, 0) is 4.79 Å². The summed E-state index contributed by atoms with van der Waals surface area (Å²) in [5.74, 6) is -0.431. The number of amides is 2. The molecule has 0 bridgehead atoms. The number of hydrogen-bond donors (Lipinski definition) is 2. The van der Waals surface area contributed by atoms with E-state index in [9.17, 15) is 9.59 Å². The third-order valence-corrected chi connectivity index (χ3v) is 2.76. The van der Waals surface area contributed by atoms with Crippen LogP contribution in [0.25, 0.3) is 0 Å². The van der Waals surface area contributed by atoms with Crippen molar-refractivity contribution in [2.75, 3.05) is 13.1 Å². The Balaban J connectivity index is 1.91. The van der Waals surface area contributed by atoms with Crippen molar-refractivity contribution in [3.05, 3.63) is 17.8 Å². The van der Waals surface area contributed by atoms with Gasteiger partial charge in [-0.1, -0.05) is 0 Å². The fourth-order valence-electron chi connectivity index (χ4n) is 1.81. The van der Waals surface area contributed by atoms with Gasteiger partial charge in [0.05, 0.1) is 6.20 Å². The molecular weight excluding hydrogens is 222 g/mol. The molecule has 6 heteroatoms. The average molecular weight is 237 g/mol. The lowest BCUT2D eigenvalue weighted by Crippen LogP contribution is -2.40. The number of rotatable bonds is 2. The van der Waals surface area contributed by atoms with Crippen LogP contribution in [0.2, 0.25) is 0 Å². The standard InChI is InChI=1S/C11H15N3O3/c1-7-6-13-11(17-7)10(16)14-9(15)8-2-4-12-5-3-8/h6,8,12H,2-5H2,1H3,(H,14,15,16). The number of aryl methyl sites for hydroxylation is 1. The van der Waals surface area contributed by atoms with Gasteiger partial charge in [0.2, 0.25) is 5.91 Å². The highest BCUT2D eigenvalue weighted by molar-refractivity contribution is 6.02. The van der Waals surface area contributed by atoms with Gasteiger partial charge in [-0.25, -0.2) is 4.98 Å². The van der Waals surface area contributed by atoms with Crippen LogP contribution in [0.15, 0.2) is 10.6 Å². The van der Waals surface area contributed by atoms with Crippen molar-refractivity contribution in [1.82, 2.24) is 15.6 Å². The summed E-state index contributed by atoms with van der Waals surface area (Å²) < 4.78 is 5.05. The maximum Gasteiger partial charge on any atom is 0.313 e. The summed E-state index contributed by atoms with van der Waals surface area (Å²) in [6.45, 7) is 3.31. The van der Waals surface area contributed by atoms with Gasteiger partial charge in [-0.2, -0.15) is 0 Å². The molecule has 0 aromatic carbocycles. The van der Waals surface area contributed by atoms with Crippen LogP contribution in [-0.4, -0.2) is 29.9 Å². The molecule has 2 N–H and O–H groups in total. The Bertz CT molecular complexity index is 421. The highest BCUT2D eigenvalue weighted by Crippen LogP contribution is 2.11. The lowest BCUT2D eigenvalue weighted by atomic mass is 9.97. The van der Waals surface area contributed by atoms with Gasteiger partial charge in [-0.15, -0.1) is 0 Å². The first kappa shape index (κ1) is 11.8. The molecular formula is C11H15N3O3. The second kappa shape index (κ2) is 5.09. The molecule has 1 aromatic heterocycles.